The highest BCUT2D eigenvalue weighted by molar-refractivity contribution is 5.77. The van der Waals surface area contributed by atoms with E-state index in [1.165, 1.54) is 43.5 Å². The van der Waals surface area contributed by atoms with E-state index < -0.39 is 0 Å². The molecular formula is C26H34N2O2. The number of benzene rings is 2. The predicted octanol–water partition coefficient (Wildman–Crippen LogP) is 4.53. The summed E-state index contributed by atoms with van der Waals surface area (Å²) in [5, 5.41) is 0. The molecule has 2 aromatic rings. The maximum absolute atomic E-state index is 12.4. The van der Waals surface area contributed by atoms with Crippen molar-refractivity contribution >= 4 is 5.91 Å². The lowest BCUT2D eigenvalue weighted by Crippen LogP contribution is -2.41. The van der Waals surface area contributed by atoms with Gasteiger partial charge >= 0.3 is 0 Å². The zero-order valence-electron chi connectivity index (χ0n) is 18.0. The Morgan fingerprint density at radius 3 is 2.20 bits per heavy atom. The second-order valence-corrected chi connectivity index (χ2v) is 8.78. The molecule has 30 heavy (non-hydrogen) atoms. The molecule has 4 rings (SSSR count). The quantitative estimate of drug-likeness (QED) is 0.677. The summed E-state index contributed by atoms with van der Waals surface area (Å²) in [7, 11) is 0. The smallest absolute Gasteiger partial charge is 0.260 e. The summed E-state index contributed by atoms with van der Waals surface area (Å²) in [6.07, 6.45) is 7.35. The Bertz CT molecular complexity index is 776. The van der Waals surface area contributed by atoms with Crippen molar-refractivity contribution in [1.82, 2.24) is 9.80 Å². The molecule has 0 aliphatic carbocycles. The molecule has 0 saturated carbocycles. The van der Waals surface area contributed by atoms with Crippen molar-refractivity contribution in [2.24, 2.45) is 5.92 Å². The maximum atomic E-state index is 12.4. The van der Waals surface area contributed by atoms with Crippen molar-refractivity contribution in [3.63, 3.8) is 0 Å². The number of hydrogen-bond donors (Lipinski definition) is 0. The molecule has 0 radical (unpaired) electrons. The van der Waals surface area contributed by atoms with Gasteiger partial charge in [-0.05, 0) is 74.4 Å². The van der Waals surface area contributed by atoms with Crippen LogP contribution in [0.5, 0.6) is 5.75 Å². The van der Waals surface area contributed by atoms with Crippen LogP contribution in [0.3, 0.4) is 0 Å². The van der Waals surface area contributed by atoms with Crippen LogP contribution in [0, 0.1) is 5.92 Å². The molecule has 0 aromatic heterocycles. The molecule has 2 aromatic carbocycles. The van der Waals surface area contributed by atoms with Crippen LogP contribution in [0.25, 0.3) is 0 Å². The van der Waals surface area contributed by atoms with Crippen molar-refractivity contribution in [2.45, 2.75) is 45.1 Å². The van der Waals surface area contributed by atoms with Gasteiger partial charge in [0.1, 0.15) is 5.75 Å². The topological polar surface area (TPSA) is 32.8 Å². The SMILES string of the molecule is O=C(COc1ccccc1)N1CCC(Cc2ccc(CN3CCCCC3)cc2)CC1. The minimum Gasteiger partial charge on any atom is -0.484 e. The average Bonchev–Trinajstić information content (AvgIpc) is 2.81. The Morgan fingerprint density at radius 2 is 1.50 bits per heavy atom. The predicted molar refractivity (Wildman–Crippen MR) is 121 cm³/mol. The number of amides is 1. The average molecular weight is 407 g/mol. The number of ether oxygens (including phenoxy) is 1. The molecular weight excluding hydrogens is 372 g/mol. The molecule has 0 spiro atoms. The molecule has 0 unspecified atom stereocenters. The van der Waals surface area contributed by atoms with E-state index in [1.54, 1.807) is 0 Å². The lowest BCUT2D eigenvalue weighted by atomic mass is 9.90. The highest BCUT2D eigenvalue weighted by Gasteiger charge is 2.23. The van der Waals surface area contributed by atoms with Gasteiger partial charge in [-0.3, -0.25) is 9.69 Å². The fraction of sp³-hybridized carbons (Fsp3) is 0.500. The van der Waals surface area contributed by atoms with Crippen LogP contribution in [-0.2, 0) is 17.8 Å². The van der Waals surface area contributed by atoms with E-state index in [1.807, 2.05) is 35.2 Å². The van der Waals surface area contributed by atoms with E-state index in [2.05, 4.69) is 29.2 Å². The fourth-order valence-corrected chi connectivity index (χ4v) is 4.63. The summed E-state index contributed by atoms with van der Waals surface area (Å²) in [5.74, 6) is 1.51. The molecule has 0 atom stereocenters. The summed E-state index contributed by atoms with van der Waals surface area (Å²) in [4.78, 5) is 17.0. The number of carbonyl (C=O) groups is 1. The summed E-state index contributed by atoms with van der Waals surface area (Å²) in [5.41, 5.74) is 2.86. The number of rotatable bonds is 7. The van der Waals surface area contributed by atoms with E-state index in [0.717, 1.165) is 44.6 Å². The maximum Gasteiger partial charge on any atom is 0.260 e. The Labute approximate surface area is 180 Å². The summed E-state index contributed by atoms with van der Waals surface area (Å²) < 4.78 is 5.61. The molecule has 4 nitrogen and oxygen atoms in total. The fourth-order valence-electron chi connectivity index (χ4n) is 4.63. The lowest BCUT2D eigenvalue weighted by Gasteiger charge is -2.32. The van der Waals surface area contributed by atoms with Crippen LogP contribution in [0.1, 0.15) is 43.2 Å². The van der Waals surface area contributed by atoms with Crippen molar-refractivity contribution < 1.29 is 9.53 Å². The highest BCUT2D eigenvalue weighted by Crippen LogP contribution is 2.23. The number of carbonyl (C=O) groups excluding carboxylic acids is 1. The van der Waals surface area contributed by atoms with Crippen LogP contribution in [0.2, 0.25) is 0 Å². The Morgan fingerprint density at radius 1 is 0.833 bits per heavy atom. The minimum absolute atomic E-state index is 0.0966. The molecule has 2 aliphatic rings. The third-order valence-corrected chi connectivity index (χ3v) is 6.47. The molecule has 0 N–H and O–H groups in total. The second kappa shape index (κ2) is 10.6. The number of hydrogen-bond acceptors (Lipinski definition) is 3. The first kappa shape index (κ1) is 20.9. The van der Waals surface area contributed by atoms with Crippen LogP contribution < -0.4 is 4.74 Å². The first-order chi connectivity index (χ1) is 14.8. The summed E-state index contributed by atoms with van der Waals surface area (Å²) >= 11 is 0. The van der Waals surface area contributed by atoms with Gasteiger partial charge in [0.2, 0.25) is 0 Å². The molecule has 2 heterocycles. The largest absolute Gasteiger partial charge is 0.484 e. The van der Waals surface area contributed by atoms with Gasteiger partial charge in [-0.2, -0.15) is 0 Å². The second-order valence-electron chi connectivity index (χ2n) is 8.78. The van der Waals surface area contributed by atoms with Crippen molar-refractivity contribution in [3.8, 4) is 5.75 Å². The molecule has 2 fully saturated rings. The van der Waals surface area contributed by atoms with Gasteiger partial charge in [-0.1, -0.05) is 48.9 Å². The zero-order valence-corrected chi connectivity index (χ0v) is 18.0. The van der Waals surface area contributed by atoms with E-state index in [-0.39, 0.29) is 12.5 Å². The number of likely N-dealkylation sites (tertiary alicyclic amines) is 2. The minimum atomic E-state index is 0.0966. The van der Waals surface area contributed by atoms with E-state index in [9.17, 15) is 4.79 Å². The normalized spacial score (nSPS) is 18.3. The van der Waals surface area contributed by atoms with E-state index >= 15 is 0 Å². The van der Waals surface area contributed by atoms with Gasteiger partial charge in [0, 0.05) is 19.6 Å². The Hall–Kier alpha value is -2.33. The van der Waals surface area contributed by atoms with E-state index in [4.69, 9.17) is 4.74 Å². The standard InChI is InChI=1S/C26H34N2O2/c29-26(21-30-25-7-3-1-4-8-25)28-17-13-23(14-18-28)19-22-9-11-24(12-10-22)20-27-15-5-2-6-16-27/h1,3-4,7-12,23H,2,5-6,13-21H2. The van der Waals surface area contributed by atoms with Crippen LogP contribution in [0.4, 0.5) is 0 Å². The number of para-hydroxylation sites is 1. The van der Waals surface area contributed by atoms with Gasteiger partial charge in [0.15, 0.2) is 6.61 Å². The first-order valence-corrected chi connectivity index (χ1v) is 11.5. The van der Waals surface area contributed by atoms with Crippen molar-refractivity contribution in [1.29, 1.82) is 0 Å². The molecule has 4 heteroatoms. The van der Waals surface area contributed by atoms with Crippen LogP contribution >= 0.6 is 0 Å². The highest BCUT2D eigenvalue weighted by atomic mass is 16.5. The lowest BCUT2D eigenvalue weighted by molar-refractivity contribution is -0.134. The third-order valence-electron chi connectivity index (χ3n) is 6.47. The van der Waals surface area contributed by atoms with Crippen LogP contribution in [0.15, 0.2) is 54.6 Å². The van der Waals surface area contributed by atoms with E-state index in [0.29, 0.717) is 5.92 Å². The Balaban J connectivity index is 1.18. The summed E-state index contributed by atoms with van der Waals surface area (Å²) in [6, 6.07) is 18.8. The number of nitrogens with zero attached hydrogens (tertiary/aromatic N) is 2. The Kier molecular flexibility index (Phi) is 7.41. The molecule has 2 aliphatic heterocycles. The molecule has 2 saturated heterocycles. The van der Waals surface area contributed by atoms with Gasteiger partial charge in [-0.15, -0.1) is 0 Å². The van der Waals surface area contributed by atoms with Gasteiger partial charge in [-0.25, -0.2) is 0 Å². The molecule has 160 valence electrons. The van der Waals surface area contributed by atoms with Crippen LogP contribution in [-0.4, -0.2) is 48.5 Å². The molecule has 1 amide bonds. The van der Waals surface area contributed by atoms with Gasteiger partial charge < -0.3 is 9.64 Å². The molecule has 0 bridgehead atoms. The summed E-state index contributed by atoms with van der Waals surface area (Å²) in [6.45, 7) is 5.40. The van der Waals surface area contributed by atoms with Gasteiger partial charge in [0.05, 0.1) is 0 Å². The van der Waals surface area contributed by atoms with Crippen molar-refractivity contribution in [2.75, 3.05) is 32.8 Å². The monoisotopic (exact) mass is 406 g/mol. The van der Waals surface area contributed by atoms with Crippen molar-refractivity contribution in [3.05, 3.63) is 65.7 Å². The number of piperidine rings is 2. The van der Waals surface area contributed by atoms with Gasteiger partial charge in [0.25, 0.3) is 5.91 Å². The third kappa shape index (κ3) is 6.09. The first-order valence-electron chi connectivity index (χ1n) is 11.5. The zero-order chi connectivity index (χ0) is 20.6.